The second-order valence-electron chi connectivity index (χ2n) is 5.14. The minimum atomic E-state index is -4.69. The van der Waals surface area contributed by atoms with E-state index in [0.29, 0.717) is 6.54 Å². The van der Waals surface area contributed by atoms with Crippen LogP contribution >= 0.6 is 11.3 Å². The molecular formula is C16H19F3N4OS. The molecule has 5 nitrogen and oxygen atoms in total. The first kappa shape index (κ1) is 19.0. The smallest absolute Gasteiger partial charge is 0.406 e. The van der Waals surface area contributed by atoms with Gasteiger partial charge in [0.05, 0.1) is 11.6 Å². The zero-order chi connectivity index (χ0) is 18.3. The molecule has 0 fully saturated rings. The lowest BCUT2D eigenvalue weighted by molar-refractivity contribution is -0.274. The van der Waals surface area contributed by atoms with Crippen molar-refractivity contribution in [2.24, 2.45) is 10.7 Å². The molecule has 9 heteroatoms. The molecule has 0 saturated heterocycles. The first-order valence-electron chi connectivity index (χ1n) is 7.68. The first-order chi connectivity index (χ1) is 11.9. The number of halogens is 3. The van der Waals surface area contributed by atoms with Crippen molar-refractivity contribution < 1.29 is 17.9 Å². The molecule has 136 valence electrons. The maximum Gasteiger partial charge on any atom is 0.573 e. The number of rotatable bonds is 7. The van der Waals surface area contributed by atoms with Gasteiger partial charge >= 0.3 is 6.36 Å². The predicted molar refractivity (Wildman–Crippen MR) is 91.7 cm³/mol. The van der Waals surface area contributed by atoms with Crippen molar-refractivity contribution in [2.45, 2.75) is 32.7 Å². The molecule has 0 radical (unpaired) electrons. The SMILES string of the molecule is CCc1cnc(CCNC(N)=NCc2ccc(OC(F)(F)F)cc2)s1. The van der Waals surface area contributed by atoms with Gasteiger partial charge in [-0.05, 0) is 24.1 Å². The van der Waals surface area contributed by atoms with Gasteiger partial charge in [-0.1, -0.05) is 19.1 Å². The molecule has 0 amide bonds. The Morgan fingerprint density at radius 3 is 2.64 bits per heavy atom. The normalized spacial score (nSPS) is 12.2. The van der Waals surface area contributed by atoms with E-state index >= 15 is 0 Å². The second-order valence-corrected chi connectivity index (χ2v) is 6.34. The standard InChI is InChI=1S/C16H19F3N4OS/c1-2-13-10-22-14(25-13)7-8-21-15(20)23-9-11-3-5-12(6-4-11)24-16(17,18)19/h3-6,10H,2,7-9H2,1H3,(H3,20,21,23). The fourth-order valence-corrected chi connectivity index (χ4v) is 2.82. The topological polar surface area (TPSA) is 72.5 Å². The van der Waals surface area contributed by atoms with E-state index in [4.69, 9.17) is 5.73 Å². The van der Waals surface area contributed by atoms with Crippen molar-refractivity contribution in [2.75, 3.05) is 6.54 Å². The predicted octanol–water partition coefficient (Wildman–Crippen LogP) is 3.25. The molecule has 2 rings (SSSR count). The van der Waals surface area contributed by atoms with Crippen LogP contribution in [-0.4, -0.2) is 23.9 Å². The molecule has 0 unspecified atom stereocenters. The first-order valence-corrected chi connectivity index (χ1v) is 8.49. The summed E-state index contributed by atoms with van der Waals surface area (Å²) in [6.07, 6.45) is -1.08. The summed E-state index contributed by atoms with van der Waals surface area (Å²) in [5.41, 5.74) is 6.51. The van der Waals surface area contributed by atoms with Crippen LogP contribution in [0, 0.1) is 0 Å². The fraction of sp³-hybridized carbons (Fsp3) is 0.375. The molecule has 0 atom stereocenters. The highest BCUT2D eigenvalue weighted by Crippen LogP contribution is 2.22. The quantitative estimate of drug-likeness (QED) is 0.578. The van der Waals surface area contributed by atoms with E-state index in [1.165, 1.54) is 29.1 Å². The van der Waals surface area contributed by atoms with Gasteiger partial charge in [0.15, 0.2) is 5.96 Å². The number of alkyl halides is 3. The molecule has 1 aromatic heterocycles. The van der Waals surface area contributed by atoms with Gasteiger partial charge in [-0.15, -0.1) is 24.5 Å². The summed E-state index contributed by atoms with van der Waals surface area (Å²) in [7, 11) is 0. The van der Waals surface area contributed by atoms with Crippen molar-refractivity contribution in [1.29, 1.82) is 0 Å². The Kier molecular flexibility index (Phi) is 6.63. The zero-order valence-corrected chi connectivity index (χ0v) is 14.5. The van der Waals surface area contributed by atoms with Crippen LogP contribution < -0.4 is 15.8 Å². The molecule has 1 aromatic carbocycles. The molecule has 2 aromatic rings. The molecule has 0 aliphatic carbocycles. The number of nitrogens with zero attached hydrogens (tertiary/aromatic N) is 2. The highest BCUT2D eigenvalue weighted by Gasteiger charge is 2.30. The van der Waals surface area contributed by atoms with Crippen molar-refractivity contribution in [3.8, 4) is 5.75 Å². The maximum atomic E-state index is 12.1. The van der Waals surface area contributed by atoms with E-state index in [2.05, 4.69) is 27.0 Å². The van der Waals surface area contributed by atoms with Gasteiger partial charge < -0.3 is 15.8 Å². The van der Waals surface area contributed by atoms with Crippen molar-refractivity contribution in [3.05, 3.63) is 45.9 Å². The third kappa shape index (κ3) is 7.00. The molecule has 25 heavy (non-hydrogen) atoms. The Morgan fingerprint density at radius 1 is 1.32 bits per heavy atom. The van der Waals surface area contributed by atoms with Crippen LogP contribution in [0.25, 0.3) is 0 Å². The van der Waals surface area contributed by atoms with Gasteiger partial charge in [0.2, 0.25) is 0 Å². The van der Waals surface area contributed by atoms with E-state index in [0.717, 1.165) is 23.4 Å². The Morgan fingerprint density at radius 2 is 2.04 bits per heavy atom. The average Bonchev–Trinajstić information content (AvgIpc) is 3.01. The number of ether oxygens (including phenoxy) is 1. The summed E-state index contributed by atoms with van der Waals surface area (Å²) in [4.78, 5) is 9.72. The summed E-state index contributed by atoms with van der Waals surface area (Å²) in [6, 6.07) is 5.52. The molecule has 0 saturated carbocycles. The van der Waals surface area contributed by atoms with Gasteiger partial charge in [-0.3, -0.25) is 0 Å². The van der Waals surface area contributed by atoms with Crippen LogP contribution in [0.4, 0.5) is 13.2 Å². The number of aromatic nitrogens is 1. The number of hydrogen-bond donors (Lipinski definition) is 2. The average molecular weight is 372 g/mol. The summed E-state index contributed by atoms with van der Waals surface area (Å²) in [5.74, 6) is 0.0177. The number of nitrogens with two attached hydrogens (primary N) is 1. The van der Waals surface area contributed by atoms with E-state index in [9.17, 15) is 13.2 Å². The van der Waals surface area contributed by atoms with Gasteiger partial charge in [-0.2, -0.15) is 0 Å². The minimum absolute atomic E-state index is 0.263. The summed E-state index contributed by atoms with van der Waals surface area (Å²) < 4.78 is 40.1. The van der Waals surface area contributed by atoms with Gasteiger partial charge in [0.25, 0.3) is 0 Å². The summed E-state index contributed by atoms with van der Waals surface area (Å²) >= 11 is 1.68. The number of hydrogen-bond acceptors (Lipinski definition) is 4. The van der Waals surface area contributed by atoms with Crippen LogP contribution in [0.15, 0.2) is 35.5 Å². The number of benzene rings is 1. The van der Waals surface area contributed by atoms with Crippen LogP contribution in [0.1, 0.15) is 22.4 Å². The molecular weight excluding hydrogens is 353 g/mol. The maximum absolute atomic E-state index is 12.1. The summed E-state index contributed by atoms with van der Waals surface area (Å²) in [6.45, 7) is 2.97. The number of nitrogens with one attached hydrogen (secondary N) is 1. The number of guanidine groups is 1. The van der Waals surface area contributed by atoms with Crippen molar-refractivity contribution in [1.82, 2.24) is 10.3 Å². The number of thiazole rings is 1. The van der Waals surface area contributed by atoms with Crippen LogP contribution in [0.5, 0.6) is 5.75 Å². The molecule has 0 bridgehead atoms. The number of aryl methyl sites for hydroxylation is 1. The van der Waals surface area contributed by atoms with Crippen LogP contribution in [0.2, 0.25) is 0 Å². The fourth-order valence-electron chi connectivity index (χ4n) is 1.95. The highest BCUT2D eigenvalue weighted by atomic mass is 32.1. The molecule has 1 heterocycles. The molecule has 3 N–H and O–H groups in total. The third-order valence-electron chi connectivity index (χ3n) is 3.18. The Bertz CT molecular complexity index is 698. The lowest BCUT2D eigenvalue weighted by Crippen LogP contribution is -2.33. The minimum Gasteiger partial charge on any atom is -0.406 e. The van der Waals surface area contributed by atoms with Gasteiger partial charge in [0, 0.05) is 24.0 Å². The highest BCUT2D eigenvalue weighted by molar-refractivity contribution is 7.11. The van der Waals surface area contributed by atoms with E-state index in [-0.39, 0.29) is 18.3 Å². The Hall–Kier alpha value is -2.29. The molecule has 0 aliphatic rings. The van der Waals surface area contributed by atoms with Crippen LogP contribution in [0.3, 0.4) is 0 Å². The van der Waals surface area contributed by atoms with E-state index < -0.39 is 6.36 Å². The van der Waals surface area contributed by atoms with E-state index in [1.807, 2.05) is 6.20 Å². The van der Waals surface area contributed by atoms with Crippen LogP contribution in [-0.2, 0) is 19.4 Å². The third-order valence-corrected chi connectivity index (χ3v) is 4.39. The largest absolute Gasteiger partial charge is 0.573 e. The zero-order valence-electron chi connectivity index (χ0n) is 13.6. The van der Waals surface area contributed by atoms with E-state index in [1.54, 1.807) is 11.3 Å². The van der Waals surface area contributed by atoms with Gasteiger partial charge in [0.1, 0.15) is 5.75 Å². The monoisotopic (exact) mass is 372 g/mol. The van der Waals surface area contributed by atoms with Gasteiger partial charge in [-0.25, -0.2) is 9.98 Å². The Labute approximate surface area is 147 Å². The molecule has 0 aliphatic heterocycles. The lowest BCUT2D eigenvalue weighted by Gasteiger charge is -2.09. The molecule has 0 spiro atoms. The van der Waals surface area contributed by atoms with Crippen molar-refractivity contribution >= 4 is 17.3 Å². The number of aliphatic imine (C=N–C) groups is 1. The lowest BCUT2D eigenvalue weighted by atomic mass is 10.2. The summed E-state index contributed by atoms with van der Waals surface area (Å²) in [5, 5.41) is 4.03. The second kappa shape index (κ2) is 8.70. The Balaban J connectivity index is 1.76. The van der Waals surface area contributed by atoms with Crippen molar-refractivity contribution in [3.63, 3.8) is 0 Å².